The van der Waals surface area contributed by atoms with E-state index in [2.05, 4.69) is 77.1 Å². The molecule has 0 saturated carbocycles. The highest BCUT2D eigenvalue weighted by atomic mass is 16.1. The third kappa shape index (κ3) is 4.34. The zero-order valence-electron chi connectivity index (χ0n) is 20.1. The molecule has 8 nitrogen and oxygen atoms in total. The Bertz CT molecular complexity index is 1150. The number of pyridine rings is 1. The van der Waals surface area contributed by atoms with Crippen LogP contribution in [0.25, 0.3) is 10.9 Å². The Labute approximate surface area is 189 Å². The molecule has 1 aromatic carbocycles. The Morgan fingerprint density at radius 1 is 1.09 bits per heavy atom. The van der Waals surface area contributed by atoms with Gasteiger partial charge in [0.25, 0.3) is 5.56 Å². The third-order valence-electron chi connectivity index (χ3n) is 6.30. The summed E-state index contributed by atoms with van der Waals surface area (Å²) in [4.78, 5) is 21.4. The number of aryl methyl sites for hydroxylation is 2. The van der Waals surface area contributed by atoms with Gasteiger partial charge in [-0.2, -0.15) is 0 Å². The quantitative estimate of drug-likeness (QED) is 0.661. The summed E-state index contributed by atoms with van der Waals surface area (Å²) < 4.78 is 1.86. The topological polar surface area (TPSA) is 82.9 Å². The summed E-state index contributed by atoms with van der Waals surface area (Å²) in [7, 11) is 0. The molecule has 0 radical (unpaired) electrons. The minimum Gasteiger partial charge on any atom is -0.321 e. The zero-order chi connectivity index (χ0) is 23.0. The van der Waals surface area contributed by atoms with E-state index in [-0.39, 0.29) is 17.1 Å². The monoisotopic (exact) mass is 437 g/mol. The number of piperazine rings is 1. The van der Waals surface area contributed by atoms with E-state index in [9.17, 15) is 4.79 Å². The normalized spacial score (nSPS) is 17.2. The lowest BCUT2D eigenvalue weighted by Crippen LogP contribution is -2.49. The van der Waals surface area contributed by atoms with Gasteiger partial charge in [0.15, 0.2) is 5.82 Å². The average Bonchev–Trinajstić information content (AvgIpc) is 3.21. The fourth-order valence-corrected chi connectivity index (χ4v) is 4.81. The van der Waals surface area contributed by atoms with Crippen molar-refractivity contribution in [2.24, 2.45) is 0 Å². The van der Waals surface area contributed by atoms with Gasteiger partial charge in [0.2, 0.25) is 0 Å². The van der Waals surface area contributed by atoms with Crippen LogP contribution in [0.1, 0.15) is 62.7 Å². The fourth-order valence-electron chi connectivity index (χ4n) is 4.81. The van der Waals surface area contributed by atoms with Crippen LogP contribution in [0, 0.1) is 13.8 Å². The number of rotatable bonds is 5. The van der Waals surface area contributed by atoms with E-state index in [1.54, 1.807) is 0 Å². The van der Waals surface area contributed by atoms with Crippen LogP contribution in [0.4, 0.5) is 0 Å². The second-order valence-corrected chi connectivity index (χ2v) is 10.00. The molecule has 1 atom stereocenters. The molecule has 0 spiro atoms. The largest absolute Gasteiger partial charge is 0.321 e. The van der Waals surface area contributed by atoms with Crippen molar-refractivity contribution >= 4 is 10.9 Å². The molecule has 0 bridgehead atoms. The van der Waals surface area contributed by atoms with Crippen LogP contribution in [0.2, 0.25) is 0 Å². The van der Waals surface area contributed by atoms with Gasteiger partial charge < -0.3 is 9.88 Å². The van der Waals surface area contributed by atoms with Crippen LogP contribution >= 0.6 is 0 Å². The van der Waals surface area contributed by atoms with Crippen LogP contribution in [-0.4, -0.2) is 67.7 Å². The Balaban J connectivity index is 1.85. The molecule has 32 heavy (non-hydrogen) atoms. The van der Waals surface area contributed by atoms with Crippen molar-refractivity contribution in [2.75, 3.05) is 32.7 Å². The van der Waals surface area contributed by atoms with Crippen molar-refractivity contribution in [2.45, 2.75) is 59.5 Å². The molecule has 1 aliphatic rings. The maximum absolute atomic E-state index is 13.4. The van der Waals surface area contributed by atoms with Crippen molar-refractivity contribution in [3.8, 4) is 0 Å². The summed E-state index contributed by atoms with van der Waals surface area (Å²) in [5.74, 6) is 0.718. The molecule has 1 fully saturated rings. The number of H-pyrrole nitrogens is 1. The molecular weight excluding hydrogens is 402 g/mol. The number of tetrazole rings is 1. The second kappa shape index (κ2) is 8.75. The first-order valence-corrected chi connectivity index (χ1v) is 11.6. The summed E-state index contributed by atoms with van der Waals surface area (Å²) in [5, 5.41) is 13.8. The molecular formula is C24H35N7O. The van der Waals surface area contributed by atoms with Crippen LogP contribution in [0.5, 0.6) is 0 Å². The number of nitrogens with one attached hydrogen (secondary N) is 1. The molecule has 1 aliphatic heterocycles. The lowest BCUT2D eigenvalue weighted by atomic mass is 9.99. The van der Waals surface area contributed by atoms with Crippen molar-refractivity contribution in [3.63, 3.8) is 0 Å². The lowest BCUT2D eigenvalue weighted by molar-refractivity contribution is 0.102. The Hall–Kier alpha value is -2.58. The van der Waals surface area contributed by atoms with Gasteiger partial charge in [-0.3, -0.25) is 9.69 Å². The zero-order valence-corrected chi connectivity index (χ0v) is 20.1. The molecule has 3 aromatic rings. The van der Waals surface area contributed by atoms with E-state index >= 15 is 0 Å². The number of hydrogen-bond donors (Lipinski definition) is 1. The minimum absolute atomic E-state index is 0.0751. The Morgan fingerprint density at radius 2 is 1.81 bits per heavy atom. The van der Waals surface area contributed by atoms with Gasteiger partial charge in [-0.1, -0.05) is 18.6 Å². The minimum atomic E-state index is -0.304. The number of aromatic nitrogens is 5. The highest BCUT2D eigenvalue weighted by Crippen LogP contribution is 2.30. The summed E-state index contributed by atoms with van der Waals surface area (Å²) in [6, 6.07) is 5.97. The first kappa shape index (κ1) is 22.6. The first-order chi connectivity index (χ1) is 15.2. The Morgan fingerprint density at radius 3 is 2.47 bits per heavy atom. The van der Waals surface area contributed by atoms with Crippen molar-refractivity contribution in [1.82, 2.24) is 35.0 Å². The number of nitrogens with zero attached hydrogens (tertiary/aromatic N) is 6. The predicted octanol–water partition coefficient (Wildman–Crippen LogP) is 3.00. The molecule has 0 amide bonds. The van der Waals surface area contributed by atoms with E-state index in [1.807, 2.05) is 17.7 Å². The number of benzene rings is 1. The summed E-state index contributed by atoms with van der Waals surface area (Å²) in [5.41, 5.74) is 3.48. The van der Waals surface area contributed by atoms with E-state index in [4.69, 9.17) is 0 Å². The smallest absolute Gasteiger partial charge is 0.253 e. The molecule has 0 unspecified atom stereocenters. The van der Waals surface area contributed by atoms with Crippen LogP contribution in [0.15, 0.2) is 23.0 Å². The van der Waals surface area contributed by atoms with Crippen molar-refractivity contribution in [1.29, 1.82) is 0 Å². The second-order valence-electron chi connectivity index (χ2n) is 10.00. The van der Waals surface area contributed by atoms with Gasteiger partial charge >= 0.3 is 0 Å². The lowest BCUT2D eigenvalue weighted by Gasteiger charge is -2.39. The van der Waals surface area contributed by atoms with E-state index in [0.717, 1.165) is 61.4 Å². The van der Waals surface area contributed by atoms with E-state index in [0.29, 0.717) is 5.56 Å². The van der Waals surface area contributed by atoms with Gasteiger partial charge in [0.05, 0.1) is 11.1 Å². The number of hydrogen-bond acceptors (Lipinski definition) is 6. The van der Waals surface area contributed by atoms with Crippen molar-refractivity contribution < 1.29 is 0 Å². The first-order valence-electron chi connectivity index (χ1n) is 11.6. The van der Waals surface area contributed by atoms with Crippen LogP contribution in [0.3, 0.4) is 0 Å². The summed E-state index contributed by atoms with van der Waals surface area (Å²) in [6.07, 6.45) is 1.15. The number of aromatic amines is 1. The summed E-state index contributed by atoms with van der Waals surface area (Å²) in [6.45, 7) is 17.4. The molecule has 3 heterocycles. The molecule has 1 N–H and O–H groups in total. The molecule has 4 rings (SSSR count). The van der Waals surface area contributed by atoms with Crippen LogP contribution < -0.4 is 5.56 Å². The highest BCUT2D eigenvalue weighted by Gasteiger charge is 2.34. The van der Waals surface area contributed by atoms with E-state index < -0.39 is 0 Å². The van der Waals surface area contributed by atoms with Crippen LogP contribution in [-0.2, 0) is 5.54 Å². The summed E-state index contributed by atoms with van der Waals surface area (Å²) >= 11 is 0. The molecule has 2 aromatic heterocycles. The molecule has 0 aliphatic carbocycles. The molecule has 172 valence electrons. The molecule has 8 heteroatoms. The van der Waals surface area contributed by atoms with Gasteiger partial charge in [-0.15, -0.1) is 5.10 Å². The fraction of sp³-hybridized carbons (Fsp3) is 0.583. The van der Waals surface area contributed by atoms with Gasteiger partial charge in [-0.05, 0) is 81.1 Å². The van der Waals surface area contributed by atoms with E-state index in [1.165, 1.54) is 5.56 Å². The standard InChI is InChI=1S/C24H35N7O/c1-7-8-29-9-11-30(12-10-29)21(22-26-27-28-31(22)24(4,5)6)19-15-18-14-16(2)13-17(3)20(18)25-23(19)32/h13-15,21H,7-12H2,1-6H3,(H,25,32)/t21-/m0/s1. The van der Waals surface area contributed by atoms with Crippen molar-refractivity contribution in [3.05, 3.63) is 51.1 Å². The van der Waals surface area contributed by atoms with Gasteiger partial charge in [-0.25, -0.2) is 4.68 Å². The SMILES string of the molecule is CCCN1CCN([C@@H](c2cc3cc(C)cc(C)c3[nH]c2=O)c2nnnn2C(C)(C)C)CC1. The van der Waals surface area contributed by atoms with Gasteiger partial charge in [0.1, 0.15) is 6.04 Å². The number of fused-ring (bicyclic) bond motifs is 1. The highest BCUT2D eigenvalue weighted by molar-refractivity contribution is 5.83. The Kier molecular flexibility index (Phi) is 6.18. The third-order valence-corrected chi connectivity index (χ3v) is 6.30. The predicted molar refractivity (Wildman–Crippen MR) is 127 cm³/mol. The average molecular weight is 438 g/mol. The van der Waals surface area contributed by atoms with Gasteiger partial charge in [0, 0.05) is 31.7 Å². The maximum atomic E-state index is 13.4. The maximum Gasteiger partial charge on any atom is 0.253 e. The molecule has 1 saturated heterocycles.